The lowest BCUT2D eigenvalue weighted by atomic mass is 10.0. The molecule has 0 radical (unpaired) electrons. The highest BCUT2D eigenvalue weighted by Gasteiger charge is 2.46. The molecule has 0 heterocycles. The summed E-state index contributed by atoms with van der Waals surface area (Å²) in [4.78, 5) is 28.2. The molecule has 4 nitrogen and oxygen atoms in total. The van der Waals surface area contributed by atoms with Crippen LogP contribution in [0.5, 0.6) is 0 Å². The van der Waals surface area contributed by atoms with Crippen LogP contribution in [0.15, 0.2) is 28.2 Å². The molecule has 1 aliphatic rings. The second kappa shape index (κ2) is 3.86. The van der Waals surface area contributed by atoms with Gasteiger partial charge >= 0.3 is 0 Å². The summed E-state index contributed by atoms with van der Waals surface area (Å²) in [5, 5.41) is 0. The first kappa shape index (κ1) is 10.5. The highest BCUT2D eigenvalue weighted by molar-refractivity contribution is 5.59. The van der Waals surface area contributed by atoms with Crippen molar-refractivity contribution in [2.75, 3.05) is 0 Å². The Balaban J connectivity index is 2.56. The average Bonchev–Trinajstić information content (AvgIpc) is 3.00. The van der Waals surface area contributed by atoms with Crippen molar-refractivity contribution in [3.05, 3.63) is 29.3 Å². The van der Waals surface area contributed by atoms with E-state index < -0.39 is 5.54 Å². The van der Waals surface area contributed by atoms with Gasteiger partial charge in [0.1, 0.15) is 5.54 Å². The molecule has 2 rings (SSSR count). The monoisotopic (exact) mass is 214 g/mol. The predicted molar refractivity (Wildman–Crippen MR) is 58.0 cm³/mol. The molecule has 80 valence electrons. The molecule has 0 unspecified atom stereocenters. The Kier molecular flexibility index (Phi) is 2.53. The number of carbonyl (C=O) groups excluding carboxylic acids is 2. The third kappa shape index (κ3) is 1.72. The summed E-state index contributed by atoms with van der Waals surface area (Å²) >= 11 is 0. The van der Waals surface area contributed by atoms with Crippen molar-refractivity contribution in [2.24, 2.45) is 9.98 Å². The van der Waals surface area contributed by atoms with Gasteiger partial charge in [0.15, 0.2) is 0 Å². The highest BCUT2D eigenvalue weighted by atomic mass is 16.1. The minimum absolute atomic E-state index is 0.495. The van der Waals surface area contributed by atoms with Crippen LogP contribution in [-0.4, -0.2) is 12.2 Å². The molecule has 0 aliphatic heterocycles. The number of isocyanates is 2. The summed E-state index contributed by atoms with van der Waals surface area (Å²) in [7, 11) is 0. The van der Waals surface area contributed by atoms with Gasteiger partial charge in [0, 0.05) is 5.56 Å². The Hall–Kier alpha value is -2.02. The van der Waals surface area contributed by atoms with E-state index in [0.717, 1.165) is 24.0 Å². The first-order valence-corrected chi connectivity index (χ1v) is 5.00. The minimum Gasteiger partial charge on any atom is -0.211 e. The summed E-state index contributed by atoms with van der Waals surface area (Å²) in [5.74, 6) is 0. The van der Waals surface area contributed by atoms with Gasteiger partial charge in [-0.3, -0.25) is 0 Å². The Morgan fingerprint density at radius 2 is 2.00 bits per heavy atom. The van der Waals surface area contributed by atoms with Crippen molar-refractivity contribution in [3.8, 4) is 0 Å². The quantitative estimate of drug-likeness (QED) is 0.572. The van der Waals surface area contributed by atoms with Gasteiger partial charge in [0.25, 0.3) is 0 Å². The molecule has 0 saturated heterocycles. The normalized spacial score (nSPS) is 15.8. The Morgan fingerprint density at radius 3 is 2.56 bits per heavy atom. The first-order valence-electron chi connectivity index (χ1n) is 5.00. The third-order valence-electron chi connectivity index (χ3n) is 2.80. The summed E-state index contributed by atoms with van der Waals surface area (Å²) < 4.78 is 0. The smallest absolute Gasteiger partial charge is 0.211 e. The van der Waals surface area contributed by atoms with Crippen molar-refractivity contribution in [2.45, 2.75) is 25.3 Å². The molecule has 1 fully saturated rings. The van der Waals surface area contributed by atoms with Crippen LogP contribution in [0.25, 0.3) is 0 Å². The summed E-state index contributed by atoms with van der Waals surface area (Å²) in [6.45, 7) is 1.91. The van der Waals surface area contributed by atoms with E-state index in [0.29, 0.717) is 5.69 Å². The van der Waals surface area contributed by atoms with E-state index >= 15 is 0 Å². The van der Waals surface area contributed by atoms with E-state index in [1.54, 1.807) is 12.1 Å². The molecule has 0 aromatic heterocycles. The van der Waals surface area contributed by atoms with E-state index in [9.17, 15) is 9.59 Å². The molecule has 1 aromatic rings. The molecule has 0 bridgehead atoms. The zero-order valence-corrected chi connectivity index (χ0v) is 8.86. The van der Waals surface area contributed by atoms with Crippen molar-refractivity contribution >= 4 is 17.8 Å². The lowest BCUT2D eigenvalue weighted by Crippen LogP contribution is -2.02. The van der Waals surface area contributed by atoms with Gasteiger partial charge in [0.2, 0.25) is 12.2 Å². The Morgan fingerprint density at radius 1 is 1.25 bits per heavy atom. The van der Waals surface area contributed by atoms with Crippen LogP contribution in [0.1, 0.15) is 24.0 Å². The molecular formula is C12H10N2O2. The van der Waals surface area contributed by atoms with Gasteiger partial charge in [-0.2, -0.15) is 9.98 Å². The van der Waals surface area contributed by atoms with Gasteiger partial charge in [-0.25, -0.2) is 9.59 Å². The summed E-state index contributed by atoms with van der Waals surface area (Å²) in [6.07, 6.45) is 4.71. The van der Waals surface area contributed by atoms with E-state index in [1.807, 2.05) is 19.1 Å². The van der Waals surface area contributed by atoms with Crippen LogP contribution in [0.3, 0.4) is 0 Å². The predicted octanol–water partition coefficient (Wildman–Crippen LogP) is 2.29. The number of rotatable bonds is 3. The standard InChI is InChI=1S/C12H10N2O2/c1-9-2-3-10(11(6-9)13-7-15)12(4-5-12)14-8-16/h2-3,6H,4-5H2,1H3. The van der Waals surface area contributed by atoms with Crippen LogP contribution >= 0.6 is 0 Å². The molecular weight excluding hydrogens is 204 g/mol. The lowest BCUT2D eigenvalue weighted by molar-refractivity contribution is 0.556. The molecule has 1 aromatic carbocycles. The van der Waals surface area contributed by atoms with Crippen molar-refractivity contribution in [1.82, 2.24) is 0 Å². The maximum atomic E-state index is 10.4. The van der Waals surface area contributed by atoms with E-state index in [-0.39, 0.29) is 0 Å². The van der Waals surface area contributed by atoms with Gasteiger partial charge in [0.05, 0.1) is 5.69 Å². The number of nitrogens with zero attached hydrogens (tertiary/aromatic N) is 2. The molecule has 16 heavy (non-hydrogen) atoms. The van der Waals surface area contributed by atoms with Crippen LogP contribution in [0.4, 0.5) is 5.69 Å². The fourth-order valence-electron chi connectivity index (χ4n) is 1.82. The average molecular weight is 214 g/mol. The summed E-state index contributed by atoms with van der Waals surface area (Å²) in [6, 6.07) is 5.57. The SMILES string of the molecule is Cc1ccc(C2(N=C=O)CC2)c(N=C=O)c1. The van der Waals surface area contributed by atoms with E-state index in [1.165, 1.54) is 6.08 Å². The van der Waals surface area contributed by atoms with E-state index in [4.69, 9.17) is 0 Å². The second-order valence-electron chi connectivity index (χ2n) is 3.96. The Bertz CT molecular complexity index is 520. The van der Waals surface area contributed by atoms with Gasteiger partial charge in [-0.05, 0) is 31.4 Å². The van der Waals surface area contributed by atoms with Crippen LogP contribution < -0.4 is 0 Å². The maximum absolute atomic E-state index is 10.4. The summed E-state index contributed by atoms with van der Waals surface area (Å²) in [5.41, 5.74) is 1.87. The van der Waals surface area contributed by atoms with Crippen molar-refractivity contribution in [1.29, 1.82) is 0 Å². The lowest BCUT2D eigenvalue weighted by Gasteiger charge is -2.10. The topological polar surface area (TPSA) is 58.9 Å². The molecule has 1 saturated carbocycles. The first-order chi connectivity index (χ1) is 7.72. The number of hydrogen-bond donors (Lipinski definition) is 0. The molecule has 4 heteroatoms. The van der Waals surface area contributed by atoms with Crippen molar-refractivity contribution in [3.63, 3.8) is 0 Å². The van der Waals surface area contributed by atoms with Gasteiger partial charge in [-0.1, -0.05) is 12.1 Å². The maximum Gasteiger partial charge on any atom is 0.240 e. The van der Waals surface area contributed by atoms with Gasteiger partial charge < -0.3 is 0 Å². The Labute approximate surface area is 92.7 Å². The molecule has 0 spiro atoms. The fourth-order valence-corrected chi connectivity index (χ4v) is 1.82. The second-order valence-corrected chi connectivity index (χ2v) is 3.96. The van der Waals surface area contributed by atoms with Crippen LogP contribution in [-0.2, 0) is 15.1 Å². The number of benzene rings is 1. The molecule has 0 N–H and O–H groups in total. The van der Waals surface area contributed by atoms with E-state index in [2.05, 4.69) is 9.98 Å². The largest absolute Gasteiger partial charge is 0.240 e. The number of hydrogen-bond acceptors (Lipinski definition) is 4. The zero-order valence-electron chi connectivity index (χ0n) is 8.86. The fraction of sp³-hybridized carbons (Fsp3) is 0.333. The minimum atomic E-state index is -0.495. The molecule has 0 amide bonds. The number of aryl methyl sites for hydroxylation is 1. The number of aliphatic imine (C=N–C) groups is 2. The van der Waals surface area contributed by atoms with Crippen LogP contribution in [0.2, 0.25) is 0 Å². The van der Waals surface area contributed by atoms with Crippen molar-refractivity contribution < 1.29 is 9.59 Å². The third-order valence-corrected chi connectivity index (χ3v) is 2.80. The van der Waals surface area contributed by atoms with Gasteiger partial charge in [-0.15, -0.1) is 0 Å². The highest BCUT2D eigenvalue weighted by Crippen LogP contribution is 2.52. The molecule has 1 aliphatic carbocycles. The zero-order chi connectivity index (χ0) is 11.6. The van der Waals surface area contributed by atoms with Crippen LogP contribution in [0, 0.1) is 6.92 Å². The molecule has 0 atom stereocenters.